The number of ether oxygens (including phenoxy) is 1. The van der Waals surface area contributed by atoms with Crippen LogP contribution in [0, 0.1) is 0 Å². The van der Waals surface area contributed by atoms with Crippen LogP contribution in [0.1, 0.15) is 18.7 Å². The molecule has 3 saturated heterocycles. The molecule has 12 nitrogen and oxygen atoms in total. The van der Waals surface area contributed by atoms with Crippen LogP contribution in [0.3, 0.4) is 0 Å². The summed E-state index contributed by atoms with van der Waals surface area (Å²) < 4.78 is 35.2. The Balaban J connectivity index is 1.20. The molecule has 5 heterocycles. The van der Waals surface area contributed by atoms with Gasteiger partial charge >= 0.3 is 0 Å². The molecule has 220 valence electrons. The molecule has 4 N–H and O–H groups in total. The highest BCUT2D eigenvalue weighted by molar-refractivity contribution is 5.87. The number of fused-ring (bicyclic) bond motifs is 1. The molecule has 0 unspecified atom stereocenters. The normalized spacial score (nSPS) is 21.8. The summed E-state index contributed by atoms with van der Waals surface area (Å²) >= 11 is 0. The van der Waals surface area contributed by atoms with E-state index < -0.39 is 12.1 Å². The number of anilines is 4. The van der Waals surface area contributed by atoms with E-state index in [2.05, 4.69) is 31.2 Å². The Morgan fingerprint density at radius 1 is 1.00 bits per heavy atom. The number of hydrogen-bond acceptors (Lipinski definition) is 10. The second kappa shape index (κ2) is 11.6. The highest BCUT2D eigenvalue weighted by atomic mass is 19.3. The quantitative estimate of drug-likeness (QED) is 0.379. The van der Waals surface area contributed by atoms with E-state index in [1.165, 1.54) is 0 Å². The van der Waals surface area contributed by atoms with Gasteiger partial charge in [0, 0.05) is 45.3 Å². The number of aromatic nitrogens is 2. The second-order valence-electron chi connectivity index (χ2n) is 10.6. The summed E-state index contributed by atoms with van der Waals surface area (Å²) in [5, 5.41) is 11.8. The van der Waals surface area contributed by atoms with Crippen molar-refractivity contribution in [2.24, 2.45) is 0 Å². The maximum Gasteiger partial charge on any atom is 0.286 e. The van der Waals surface area contributed by atoms with Crippen molar-refractivity contribution >= 4 is 34.8 Å². The van der Waals surface area contributed by atoms with E-state index in [4.69, 9.17) is 4.74 Å². The fraction of sp³-hybridized carbons (Fsp3) is 0.556. The number of morpholine rings is 1. The predicted octanol–water partition coefficient (Wildman–Crippen LogP) is 0.786. The number of piperazine rings is 1. The first-order valence-corrected chi connectivity index (χ1v) is 14.1. The van der Waals surface area contributed by atoms with Gasteiger partial charge < -0.3 is 40.7 Å². The van der Waals surface area contributed by atoms with E-state index in [0.717, 1.165) is 19.4 Å². The summed E-state index contributed by atoms with van der Waals surface area (Å²) in [6, 6.07) is 8.62. The fourth-order valence-electron chi connectivity index (χ4n) is 5.68. The Bertz CT molecular complexity index is 1240. The highest BCUT2D eigenvalue weighted by Crippen LogP contribution is 2.42. The topological polar surface area (TPSA) is 127 Å². The van der Waals surface area contributed by atoms with Crippen molar-refractivity contribution in [3.8, 4) is 0 Å². The van der Waals surface area contributed by atoms with Crippen LogP contribution in [0.2, 0.25) is 0 Å². The van der Waals surface area contributed by atoms with Gasteiger partial charge in [0.2, 0.25) is 17.5 Å². The molecule has 0 aliphatic carbocycles. The smallest absolute Gasteiger partial charge is 0.286 e. The van der Waals surface area contributed by atoms with E-state index in [1.54, 1.807) is 29.2 Å². The number of para-hydroxylation sites is 2. The molecule has 4 aliphatic heterocycles. The predicted molar refractivity (Wildman–Crippen MR) is 149 cm³/mol. The van der Waals surface area contributed by atoms with Crippen LogP contribution in [-0.2, 0) is 20.0 Å². The molecule has 1 aromatic heterocycles. The lowest BCUT2D eigenvalue weighted by Gasteiger charge is -2.37. The lowest BCUT2D eigenvalue weighted by atomic mass is 10.1. The van der Waals surface area contributed by atoms with Crippen molar-refractivity contribution < 1.29 is 23.1 Å². The molecule has 2 aromatic rings. The van der Waals surface area contributed by atoms with Gasteiger partial charge in [0.15, 0.2) is 5.82 Å². The number of nitrogens with one attached hydrogen (secondary N) is 4. The first-order valence-electron chi connectivity index (χ1n) is 14.1. The Hall–Kier alpha value is -3.78. The molecule has 1 atom stereocenters. The first-order chi connectivity index (χ1) is 19.9. The molecule has 6 rings (SSSR count). The molecule has 0 radical (unpaired) electrons. The molecule has 0 bridgehead atoms. The maximum atomic E-state index is 14.8. The zero-order valence-corrected chi connectivity index (χ0v) is 22.7. The van der Waals surface area contributed by atoms with Crippen LogP contribution >= 0.6 is 0 Å². The summed E-state index contributed by atoms with van der Waals surface area (Å²) in [5.74, 6) is 0.716. The maximum absolute atomic E-state index is 14.8. The Morgan fingerprint density at radius 3 is 2.22 bits per heavy atom. The Labute approximate surface area is 236 Å². The number of carbonyl (C=O) groups excluding carboxylic acids is 2. The van der Waals surface area contributed by atoms with E-state index in [1.807, 2.05) is 15.9 Å². The van der Waals surface area contributed by atoms with E-state index in [9.17, 15) is 18.4 Å². The van der Waals surface area contributed by atoms with E-state index in [0.29, 0.717) is 75.5 Å². The largest absolute Gasteiger partial charge is 0.378 e. The molecule has 14 heteroatoms. The summed E-state index contributed by atoms with van der Waals surface area (Å²) in [4.78, 5) is 40.1. The molecule has 41 heavy (non-hydrogen) atoms. The molecular weight excluding hydrogens is 536 g/mol. The number of halogens is 2. The molecule has 0 saturated carbocycles. The molecule has 4 aliphatic rings. The van der Waals surface area contributed by atoms with E-state index in [-0.39, 0.29) is 30.2 Å². The van der Waals surface area contributed by atoms with Crippen LogP contribution in [0.4, 0.5) is 31.8 Å². The number of carbonyl (C=O) groups is 2. The highest BCUT2D eigenvalue weighted by Gasteiger charge is 2.50. The lowest BCUT2D eigenvalue weighted by molar-refractivity contribution is -0.133. The molecule has 2 amide bonds. The fourth-order valence-corrected chi connectivity index (χ4v) is 5.68. The standard InChI is InChI=1S/C27H35F2N9O3/c28-25(29)27(34-18-4-1-2-5-19(18)35-27)26-32-21(16-22(33-26)37-12-14-41-15-13-37)36-8-10-38(11-9-36)23(39)17-31-24(40)20-6-3-7-30-20/h1-2,4-5,16,20,25,30,34-35H,3,6-15,17H2,(H,31,40)/t20-/m0/s1. The number of hydrogen-bond donors (Lipinski definition) is 4. The second-order valence-corrected chi connectivity index (χ2v) is 10.6. The van der Waals surface area contributed by atoms with Gasteiger partial charge in [0.05, 0.1) is 37.2 Å². The minimum atomic E-state index is -2.85. The summed E-state index contributed by atoms with van der Waals surface area (Å²) in [7, 11) is 0. The van der Waals surface area contributed by atoms with Gasteiger partial charge in [-0.3, -0.25) is 9.59 Å². The molecule has 1 aromatic carbocycles. The number of rotatable bonds is 7. The Morgan fingerprint density at radius 2 is 1.63 bits per heavy atom. The Kier molecular flexibility index (Phi) is 7.75. The molecular formula is C27H35F2N9O3. The third kappa shape index (κ3) is 5.58. The monoisotopic (exact) mass is 571 g/mol. The summed E-state index contributed by atoms with van der Waals surface area (Å²) in [5.41, 5.74) is -0.888. The lowest BCUT2D eigenvalue weighted by Crippen LogP contribution is -2.53. The average Bonchev–Trinajstić information content (AvgIpc) is 3.70. The van der Waals surface area contributed by atoms with Crippen molar-refractivity contribution in [2.45, 2.75) is 31.0 Å². The zero-order valence-electron chi connectivity index (χ0n) is 22.7. The van der Waals surface area contributed by atoms with Crippen LogP contribution in [0.15, 0.2) is 30.3 Å². The molecule has 3 fully saturated rings. The summed E-state index contributed by atoms with van der Waals surface area (Å²) in [6.07, 6.45) is -1.13. The van der Waals surface area contributed by atoms with Gasteiger partial charge in [-0.1, -0.05) is 12.1 Å². The third-order valence-electron chi connectivity index (χ3n) is 8.05. The van der Waals surface area contributed by atoms with Gasteiger partial charge in [-0.2, -0.15) is 0 Å². The number of nitrogens with zero attached hydrogens (tertiary/aromatic N) is 5. The SMILES string of the molecule is O=C(NCC(=O)N1CCN(c2cc(N3CCOCC3)nc(C3(C(F)F)Nc4ccccc4N3)n2)CC1)[C@@H]1CCCN1. The average molecular weight is 572 g/mol. The van der Waals surface area contributed by atoms with Crippen LogP contribution in [0.25, 0.3) is 0 Å². The van der Waals surface area contributed by atoms with Crippen molar-refractivity contribution in [1.82, 2.24) is 25.5 Å². The van der Waals surface area contributed by atoms with Gasteiger partial charge in [-0.15, -0.1) is 0 Å². The summed E-state index contributed by atoms with van der Waals surface area (Å²) in [6.45, 7) is 4.74. The van der Waals surface area contributed by atoms with Crippen LogP contribution < -0.4 is 31.1 Å². The first kappa shape index (κ1) is 27.4. The van der Waals surface area contributed by atoms with Crippen LogP contribution in [-0.4, -0.2) is 105 Å². The van der Waals surface area contributed by atoms with Crippen LogP contribution in [0.5, 0.6) is 0 Å². The zero-order chi connectivity index (χ0) is 28.4. The van der Waals surface area contributed by atoms with Crippen molar-refractivity contribution in [2.75, 3.05) is 86.0 Å². The van der Waals surface area contributed by atoms with Crippen molar-refractivity contribution in [3.63, 3.8) is 0 Å². The molecule has 0 spiro atoms. The third-order valence-corrected chi connectivity index (χ3v) is 8.05. The van der Waals surface area contributed by atoms with Gasteiger partial charge in [-0.05, 0) is 31.5 Å². The number of benzene rings is 1. The minimum absolute atomic E-state index is 0.0509. The minimum Gasteiger partial charge on any atom is -0.378 e. The van der Waals surface area contributed by atoms with Gasteiger partial charge in [-0.25, -0.2) is 18.7 Å². The number of alkyl halides is 2. The van der Waals surface area contributed by atoms with E-state index >= 15 is 0 Å². The van der Waals surface area contributed by atoms with Crippen molar-refractivity contribution in [3.05, 3.63) is 36.2 Å². The number of amides is 2. The van der Waals surface area contributed by atoms with Gasteiger partial charge in [0.25, 0.3) is 6.43 Å². The van der Waals surface area contributed by atoms with Gasteiger partial charge in [0.1, 0.15) is 11.6 Å². The van der Waals surface area contributed by atoms with Crippen molar-refractivity contribution in [1.29, 1.82) is 0 Å².